The first-order chi connectivity index (χ1) is 13.1. The molecule has 3 atom stereocenters. The molecule has 1 saturated heterocycles. The van der Waals surface area contributed by atoms with Crippen LogP contribution in [0.15, 0.2) is 30.3 Å². The molecule has 0 aromatic heterocycles. The Morgan fingerprint density at radius 1 is 1.15 bits per heavy atom. The average Bonchev–Trinajstić information content (AvgIpc) is 3.13. The monoisotopic (exact) mass is 371 g/mol. The predicted molar refractivity (Wildman–Crippen MR) is 107 cm³/mol. The molecule has 1 unspecified atom stereocenters. The minimum absolute atomic E-state index is 0.00359. The molecule has 1 aromatic carbocycles. The lowest BCUT2D eigenvalue weighted by atomic mass is 9.87. The number of hydrogen-bond donors (Lipinski definition) is 2. The lowest BCUT2D eigenvalue weighted by molar-refractivity contribution is -0.135. The third-order valence-corrected chi connectivity index (χ3v) is 6.23. The van der Waals surface area contributed by atoms with Crippen molar-refractivity contribution < 1.29 is 9.59 Å². The van der Waals surface area contributed by atoms with Gasteiger partial charge in [-0.25, -0.2) is 0 Å². The molecule has 1 aromatic rings. The number of nitrogens with one attached hydrogen (secondary N) is 1. The third kappa shape index (κ3) is 5.10. The normalized spacial score (nSPS) is 24.6. The number of nitrogens with two attached hydrogens (primary N) is 1. The van der Waals surface area contributed by atoms with Gasteiger partial charge in [0.2, 0.25) is 11.8 Å². The summed E-state index contributed by atoms with van der Waals surface area (Å²) < 4.78 is 0. The summed E-state index contributed by atoms with van der Waals surface area (Å²) in [6.45, 7) is 3.70. The van der Waals surface area contributed by atoms with E-state index in [0.717, 1.165) is 12.8 Å². The molecule has 1 heterocycles. The summed E-state index contributed by atoms with van der Waals surface area (Å²) in [4.78, 5) is 27.1. The second kappa shape index (κ2) is 9.36. The van der Waals surface area contributed by atoms with Gasteiger partial charge in [0, 0.05) is 25.4 Å². The largest absolute Gasteiger partial charge is 0.345 e. The Hall–Kier alpha value is -1.88. The predicted octanol–water partition coefficient (Wildman–Crippen LogP) is 2.66. The number of likely N-dealkylation sites (tertiary alicyclic amines) is 1. The smallest absolute Gasteiger partial charge is 0.244 e. The molecule has 5 nitrogen and oxygen atoms in total. The summed E-state index contributed by atoms with van der Waals surface area (Å²) in [5.41, 5.74) is 7.21. The zero-order valence-corrected chi connectivity index (χ0v) is 16.4. The van der Waals surface area contributed by atoms with Crippen LogP contribution in [0, 0.1) is 11.8 Å². The van der Waals surface area contributed by atoms with Crippen molar-refractivity contribution >= 4 is 11.8 Å². The highest BCUT2D eigenvalue weighted by Gasteiger charge is 2.36. The highest BCUT2D eigenvalue weighted by atomic mass is 16.2. The molecule has 2 fully saturated rings. The summed E-state index contributed by atoms with van der Waals surface area (Å²) >= 11 is 0. The van der Waals surface area contributed by atoms with E-state index in [4.69, 9.17) is 5.73 Å². The van der Waals surface area contributed by atoms with Crippen LogP contribution >= 0.6 is 0 Å². The van der Waals surface area contributed by atoms with Gasteiger partial charge in [0.25, 0.3) is 0 Å². The zero-order chi connectivity index (χ0) is 19.2. The van der Waals surface area contributed by atoms with Crippen molar-refractivity contribution in [1.29, 1.82) is 0 Å². The van der Waals surface area contributed by atoms with E-state index >= 15 is 0 Å². The van der Waals surface area contributed by atoms with Gasteiger partial charge in [0.1, 0.15) is 6.04 Å². The van der Waals surface area contributed by atoms with Crippen LogP contribution in [0.4, 0.5) is 0 Å². The number of carbonyl (C=O) groups is 2. The lowest BCUT2D eigenvalue weighted by Gasteiger charge is -2.24. The molecule has 1 aliphatic heterocycles. The fourth-order valence-corrected chi connectivity index (χ4v) is 4.66. The molecule has 1 saturated carbocycles. The van der Waals surface area contributed by atoms with Gasteiger partial charge in [-0.05, 0) is 43.7 Å². The number of hydrogen-bond acceptors (Lipinski definition) is 3. The highest BCUT2D eigenvalue weighted by Crippen LogP contribution is 2.32. The minimum Gasteiger partial charge on any atom is -0.345 e. The van der Waals surface area contributed by atoms with E-state index in [2.05, 4.69) is 17.4 Å². The maximum atomic E-state index is 12.9. The Balaban J connectivity index is 1.54. The first-order valence-electron chi connectivity index (χ1n) is 10.4. The number of rotatable bonds is 6. The van der Waals surface area contributed by atoms with E-state index in [-0.39, 0.29) is 23.7 Å². The number of carbonyl (C=O) groups excluding carboxylic acids is 2. The van der Waals surface area contributed by atoms with Gasteiger partial charge in [-0.15, -0.1) is 0 Å². The third-order valence-electron chi connectivity index (χ3n) is 6.23. The molecule has 27 heavy (non-hydrogen) atoms. The topological polar surface area (TPSA) is 75.4 Å². The molecular formula is C22H33N3O2. The molecule has 3 N–H and O–H groups in total. The Labute approximate surface area is 162 Å². The van der Waals surface area contributed by atoms with Crippen molar-refractivity contribution in [1.82, 2.24) is 10.2 Å². The number of benzene rings is 1. The van der Waals surface area contributed by atoms with Gasteiger partial charge >= 0.3 is 0 Å². The van der Waals surface area contributed by atoms with Crippen LogP contribution in [-0.2, 0) is 9.59 Å². The Morgan fingerprint density at radius 3 is 2.52 bits per heavy atom. The highest BCUT2D eigenvalue weighted by molar-refractivity contribution is 5.87. The molecule has 2 aliphatic rings. The van der Waals surface area contributed by atoms with Gasteiger partial charge in [0.15, 0.2) is 0 Å². The average molecular weight is 372 g/mol. The minimum atomic E-state index is -0.478. The second-order valence-electron chi connectivity index (χ2n) is 8.25. The van der Waals surface area contributed by atoms with E-state index < -0.39 is 6.04 Å². The molecule has 0 bridgehead atoms. The van der Waals surface area contributed by atoms with E-state index in [0.29, 0.717) is 32.0 Å². The summed E-state index contributed by atoms with van der Waals surface area (Å²) in [6, 6.07) is 9.80. The Bertz CT molecular complexity index is 628. The SMILES string of the molecule is CC(NC(=O)CC1CCCCC1)C(=O)N1C[C@@H](CN)[C@H](c2ccccc2)C1. The summed E-state index contributed by atoms with van der Waals surface area (Å²) in [5, 5.41) is 2.93. The summed E-state index contributed by atoms with van der Waals surface area (Å²) in [5.74, 6) is 1.03. The first-order valence-corrected chi connectivity index (χ1v) is 10.4. The maximum Gasteiger partial charge on any atom is 0.244 e. The molecule has 1 aliphatic carbocycles. The first kappa shape index (κ1) is 19.9. The van der Waals surface area contributed by atoms with Crippen LogP contribution in [0.1, 0.15) is 56.9 Å². The quantitative estimate of drug-likeness (QED) is 0.807. The van der Waals surface area contributed by atoms with E-state index in [9.17, 15) is 9.59 Å². The fraction of sp³-hybridized carbons (Fsp3) is 0.636. The van der Waals surface area contributed by atoms with E-state index in [1.165, 1.54) is 24.8 Å². The zero-order valence-electron chi connectivity index (χ0n) is 16.4. The van der Waals surface area contributed by atoms with Crippen molar-refractivity contribution in [3.63, 3.8) is 0 Å². The maximum absolute atomic E-state index is 12.9. The Morgan fingerprint density at radius 2 is 1.85 bits per heavy atom. The van der Waals surface area contributed by atoms with Crippen LogP contribution in [0.3, 0.4) is 0 Å². The Kier molecular flexibility index (Phi) is 6.89. The standard InChI is InChI=1S/C22H33N3O2/c1-16(24-21(26)12-17-8-4-2-5-9-17)22(27)25-14-19(13-23)20(15-25)18-10-6-3-7-11-18/h3,6-7,10-11,16-17,19-20H,2,4-5,8-9,12-15,23H2,1H3,(H,24,26)/t16?,19-,20+/m1/s1. The van der Waals surface area contributed by atoms with Crippen LogP contribution < -0.4 is 11.1 Å². The molecule has 148 valence electrons. The number of nitrogens with zero attached hydrogens (tertiary/aromatic N) is 1. The molecule has 3 rings (SSSR count). The summed E-state index contributed by atoms with van der Waals surface area (Å²) in [7, 11) is 0. The van der Waals surface area contributed by atoms with Crippen molar-refractivity contribution in [3.05, 3.63) is 35.9 Å². The van der Waals surface area contributed by atoms with Gasteiger partial charge < -0.3 is 16.0 Å². The van der Waals surface area contributed by atoms with E-state index in [1.54, 1.807) is 6.92 Å². The van der Waals surface area contributed by atoms with Crippen LogP contribution in [-0.4, -0.2) is 42.4 Å². The number of amides is 2. The van der Waals surface area contributed by atoms with Crippen molar-refractivity contribution in [2.45, 2.75) is 57.4 Å². The summed E-state index contributed by atoms with van der Waals surface area (Å²) in [6.07, 6.45) is 6.56. The van der Waals surface area contributed by atoms with E-state index in [1.807, 2.05) is 23.1 Å². The van der Waals surface area contributed by atoms with Crippen molar-refractivity contribution in [2.75, 3.05) is 19.6 Å². The molecular weight excluding hydrogens is 338 g/mol. The van der Waals surface area contributed by atoms with Gasteiger partial charge in [-0.3, -0.25) is 9.59 Å². The van der Waals surface area contributed by atoms with Crippen molar-refractivity contribution in [3.8, 4) is 0 Å². The second-order valence-corrected chi connectivity index (χ2v) is 8.25. The molecule has 5 heteroatoms. The fourth-order valence-electron chi connectivity index (χ4n) is 4.66. The van der Waals surface area contributed by atoms with Gasteiger partial charge in [-0.2, -0.15) is 0 Å². The van der Waals surface area contributed by atoms with Gasteiger partial charge in [-0.1, -0.05) is 49.6 Å². The van der Waals surface area contributed by atoms with Gasteiger partial charge in [0.05, 0.1) is 0 Å². The van der Waals surface area contributed by atoms with Crippen LogP contribution in [0.2, 0.25) is 0 Å². The molecule has 0 radical (unpaired) electrons. The van der Waals surface area contributed by atoms with Crippen LogP contribution in [0.25, 0.3) is 0 Å². The lowest BCUT2D eigenvalue weighted by Crippen LogP contribution is -2.46. The van der Waals surface area contributed by atoms with Crippen LogP contribution in [0.5, 0.6) is 0 Å². The molecule has 0 spiro atoms. The molecule has 2 amide bonds. The van der Waals surface area contributed by atoms with Crippen molar-refractivity contribution in [2.24, 2.45) is 17.6 Å².